The number of anilines is 2. The molecule has 1 aromatic carbocycles. The van der Waals surface area contributed by atoms with Crippen molar-refractivity contribution in [3.63, 3.8) is 0 Å². The van der Waals surface area contributed by atoms with Crippen LogP contribution < -0.4 is 10.0 Å². The molecule has 0 radical (unpaired) electrons. The number of benzene rings is 1. The van der Waals surface area contributed by atoms with Gasteiger partial charge in [0.25, 0.3) is 23.6 Å². The van der Waals surface area contributed by atoms with Crippen molar-refractivity contribution in [1.29, 1.82) is 0 Å². The van der Waals surface area contributed by atoms with Crippen molar-refractivity contribution >= 4 is 58.5 Å². The van der Waals surface area contributed by atoms with Crippen molar-refractivity contribution in [1.82, 2.24) is 20.0 Å². The number of hydrogen-bond donors (Lipinski definition) is 1. The minimum atomic E-state index is -4.91. The number of fused-ring (bicyclic) bond motifs is 4. The van der Waals surface area contributed by atoms with E-state index in [-0.39, 0.29) is 28.5 Å². The third-order valence-electron chi connectivity index (χ3n) is 10.4. The van der Waals surface area contributed by atoms with Gasteiger partial charge in [0.1, 0.15) is 11.4 Å². The van der Waals surface area contributed by atoms with Crippen molar-refractivity contribution in [3.05, 3.63) is 86.9 Å². The van der Waals surface area contributed by atoms with Gasteiger partial charge in [0.2, 0.25) is 0 Å². The van der Waals surface area contributed by atoms with Gasteiger partial charge < -0.3 is 5.11 Å². The highest BCUT2D eigenvalue weighted by Crippen LogP contribution is 2.58. The van der Waals surface area contributed by atoms with E-state index >= 15 is 0 Å². The maximum Gasteiger partial charge on any atom is 0.433 e. The van der Waals surface area contributed by atoms with Crippen LogP contribution in [0.1, 0.15) is 35.7 Å². The van der Waals surface area contributed by atoms with E-state index in [9.17, 15) is 55.0 Å². The number of alkyl halides is 6. The molecule has 0 bridgehead atoms. The number of aromatic nitrogens is 2. The molecule has 2 aromatic heterocycles. The molecule has 4 aliphatic rings. The molecule has 1 N–H and O–H groups in total. The van der Waals surface area contributed by atoms with Gasteiger partial charge in [-0.1, -0.05) is 40.9 Å². The van der Waals surface area contributed by atoms with Gasteiger partial charge in [-0.25, -0.2) is 14.4 Å². The second-order valence-corrected chi connectivity index (χ2v) is 14.1. The van der Waals surface area contributed by atoms with Crippen LogP contribution in [0.3, 0.4) is 0 Å². The zero-order chi connectivity index (χ0) is 39.3. The summed E-state index contributed by atoms with van der Waals surface area (Å²) in [5.74, 6) is -13.4. The Labute approximate surface area is 310 Å². The second kappa shape index (κ2) is 12.8. The molecule has 11 nitrogen and oxygen atoms in total. The number of hydrogen-bond acceptors (Lipinski definition) is 9. The highest BCUT2D eigenvalue weighted by Gasteiger charge is 2.63. The summed E-state index contributed by atoms with van der Waals surface area (Å²) in [6.07, 6.45) is -8.53. The van der Waals surface area contributed by atoms with Gasteiger partial charge in [0.15, 0.2) is 23.2 Å². The van der Waals surface area contributed by atoms with Crippen molar-refractivity contribution in [2.75, 3.05) is 24.1 Å². The maximum absolute atomic E-state index is 14.9. The highest BCUT2D eigenvalue weighted by atomic mass is 35.5. The van der Waals surface area contributed by atoms with Crippen molar-refractivity contribution in [2.24, 2.45) is 29.6 Å². The molecule has 2 aliphatic heterocycles. The number of nitrogens with zero attached hydrogens (tertiary/aromatic N) is 6. The lowest BCUT2D eigenvalue weighted by Crippen LogP contribution is -2.46. The first-order chi connectivity index (χ1) is 25.2. The summed E-state index contributed by atoms with van der Waals surface area (Å²) in [7, 11) is 2.24. The lowest BCUT2D eigenvalue weighted by molar-refractivity contribution is -0.143. The molecule has 284 valence electrons. The summed E-state index contributed by atoms with van der Waals surface area (Å²) >= 11 is 12.4. The fourth-order valence-corrected chi connectivity index (χ4v) is 8.52. The Balaban J connectivity index is 1.29. The van der Waals surface area contributed by atoms with Crippen molar-refractivity contribution in [3.8, 4) is 5.75 Å². The molecule has 7 rings (SSSR count). The molecule has 0 spiro atoms. The molecule has 0 unspecified atom stereocenters. The van der Waals surface area contributed by atoms with Crippen LogP contribution in [-0.4, -0.2) is 62.8 Å². The highest BCUT2D eigenvalue weighted by molar-refractivity contribution is 6.33. The second-order valence-electron chi connectivity index (χ2n) is 13.3. The minimum absolute atomic E-state index is 0.0981. The number of phenolic OH excluding ortho intramolecular Hbond substituents is 1. The number of pyridine rings is 2. The largest absolute Gasteiger partial charge is 0.505 e. The molecule has 3 aromatic rings. The van der Waals surface area contributed by atoms with Gasteiger partial charge in [0.05, 0.1) is 33.7 Å². The summed E-state index contributed by atoms with van der Waals surface area (Å²) < 4.78 is 96.3. The van der Waals surface area contributed by atoms with Gasteiger partial charge in [-0.2, -0.15) is 36.4 Å². The average Bonchev–Trinajstić information content (AvgIpc) is 3.50. The van der Waals surface area contributed by atoms with E-state index in [1.54, 1.807) is 6.08 Å². The lowest BCUT2D eigenvalue weighted by atomic mass is 9.57. The van der Waals surface area contributed by atoms with Crippen molar-refractivity contribution < 1.29 is 55.0 Å². The first kappa shape index (κ1) is 37.3. The summed E-state index contributed by atoms with van der Waals surface area (Å²) in [5.41, 5.74) is -2.20. The monoisotopic (exact) mass is 800 g/mol. The fraction of sp³-hybridized carbons (Fsp3) is 0.353. The van der Waals surface area contributed by atoms with Crippen LogP contribution in [0, 0.1) is 35.4 Å². The zero-order valence-corrected chi connectivity index (χ0v) is 29.2. The molecule has 6 atom stereocenters. The fourth-order valence-electron chi connectivity index (χ4n) is 8.06. The van der Waals surface area contributed by atoms with Gasteiger partial charge in [-0.3, -0.25) is 29.2 Å². The summed E-state index contributed by atoms with van der Waals surface area (Å²) in [6, 6.07) is 6.35. The number of carbonyl (C=O) groups excluding carboxylic acids is 4. The molecule has 4 heterocycles. The van der Waals surface area contributed by atoms with Crippen LogP contribution in [0.15, 0.2) is 54.1 Å². The lowest BCUT2D eigenvalue weighted by Gasteiger charge is -2.43. The van der Waals surface area contributed by atoms with Gasteiger partial charge >= 0.3 is 12.4 Å². The van der Waals surface area contributed by atoms with Gasteiger partial charge in [0, 0.05) is 20.0 Å². The van der Waals surface area contributed by atoms with E-state index in [0.717, 1.165) is 48.4 Å². The molecule has 2 aliphatic carbocycles. The molecule has 4 amide bonds. The zero-order valence-electron chi connectivity index (χ0n) is 27.7. The van der Waals surface area contributed by atoms with E-state index in [1.807, 2.05) is 0 Å². The Morgan fingerprint density at radius 3 is 1.72 bits per heavy atom. The van der Waals surface area contributed by atoms with Gasteiger partial charge in [-0.15, -0.1) is 0 Å². The molecule has 3 fully saturated rings. The Morgan fingerprint density at radius 2 is 1.22 bits per heavy atom. The first-order valence-corrected chi connectivity index (χ1v) is 16.9. The Morgan fingerprint density at radius 1 is 0.722 bits per heavy atom. The molecule has 54 heavy (non-hydrogen) atoms. The quantitative estimate of drug-likeness (QED) is 0.177. The number of aromatic hydroxyl groups is 1. The number of halogens is 9. The van der Waals surface area contributed by atoms with Crippen LogP contribution in [0.5, 0.6) is 5.75 Å². The third-order valence-corrected chi connectivity index (χ3v) is 11.0. The molecule has 20 heteroatoms. The molecular weight excluding hydrogens is 776 g/mol. The standard InChI is InChI=1S/C34H25Cl2F7N6O5/c1-46(27-18(35)6-9-22(44-27)33(38,39)40)48-29(51)15-5-4-14-16(25(15)31(48)53)12-17-26(24(14)13-3-8-21(50)20(37)11-13)32(54)49(30(17)52)47(2)28-19(36)7-10-23(45-28)34(41,42)43/h3-4,6-11,15-17,24-26,50H,5,12H2,1-2H3/t15-,16+,17+,24-,25-,26+/m0/s1. The van der Waals surface area contributed by atoms with Crippen LogP contribution >= 0.6 is 23.2 Å². The SMILES string of the molecule is CN(c1nc(C(F)(F)F)ccc1Cl)N1C(=O)[C@H]2[C@H](CC=C3[C@H]2C[C@H]2C(=O)N(N(C)c4nc(C(F)(F)F)ccc4Cl)C(=O)[C@H]2[C@H]3c2ccc(O)c(F)c2)C1=O. The maximum atomic E-state index is 14.9. The number of allylic oxidation sites excluding steroid dienone is 2. The number of imide groups is 2. The first-order valence-electron chi connectivity index (χ1n) is 16.1. The number of carbonyl (C=O) groups is 4. The Kier molecular flexibility index (Phi) is 8.87. The smallest absolute Gasteiger partial charge is 0.433 e. The van der Waals surface area contributed by atoms with Crippen LogP contribution in [-0.2, 0) is 31.5 Å². The Hall–Kier alpha value is -4.97. The predicted molar refractivity (Wildman–Crippen MR) is 175 cm³/mol. The average molecular weight is 802 g/mol. The third kappa shape index (κ3) is 5.80. The molecular formula is C34H25Cl2F7N6O5. The van der Waals surface area contributed by atoms with Crippen LogP contribution in [0.25, 0.3) is 0 Å². The number of phenols is 1. The topological polar surface area (TPSA) is 127 Å². The molecule has 1 saturated carbocycles. The summed E-state index contributed by atoms with van der Waals surface area (Å²) in [5, 5.41) is 12.1. The van der Waals surface area contributed by atoms with E-state index in [1.165, 1.54) is 6.07 Å². The van der Waals surface area contributed by atoms with Gasteiger partial charge in [-0.05, 0) is 60.7 Å². The number of rotatable bonds is 5. The minimum Gasteiger partial charge on any atom is -0.505 e. The summed E-state index contributed by atoms with van der Waals surface area (Å²) in [6.45, 7) is 0. The van der Waals surface area contributed by atoms with E-state index < -0.39 is 106 Å². The van der Waals surface area contributed by atoms with Crippen LogP contribution in [0.4, 0.5) is 42.4 Å². The normalized spacial score (nSPS) is 25.4. The summed E-state index contributed by atoms with van der Waals surface area (Å²) in [4.78, 5) is 63.8. The van der Waals surface area contributed by atoms with E-state index in [4.69, 9.17) is 23.2 Å². The van der Waals surface area contributed by atoms with Crippen molar-refractivity contribution in [2.45, 2.75) is 31.1 Å². The Bertz CT molecular complexity index is 2170. The van der Waals surface area contributed by atoms with E-state index in [2.05, 4.69) is 9.97 Å². The molecule has 2 saturated heterocycles. The number of amides is 4. The predicted octanol–water partition coefficient (Wildman–Crippen LogP) is 6.40. The number of hydrazine groups is 2. The van der Waals surface area contributed by atoms with Crippen LogP contribution in [0.2, 0.25) is 10.0 Å². The van der Waals surface area contributed by atoms with E-state index in [0.29, 0.717) is 27.7 Å².